The minimum Gasteiger partial charge on any atom is -0.445 e. The summed E-state index contributed by atoms with van der Waals surface area (Å²) in [5.74, 6) is -0.944. The molecule has 0 aliphatic carbocycles. The topological polar surface area (TPSA) is 108 Å². The van der Waals surface area contributed by atoms with Crippen LogP contribution in [-0.2, 0) is 20.9 Å². The van der Waals surface area contributed by atoms with Crippen molar-refractivity contribution >= 4 is 17.8 Å². The average Bonchev–Trinajstić information content (AvgIpc) is 2.57. The Kier molecular flexibility index (Phi) is 8.13. The monoisotopic (exact) mass is 345 g/mol. The fourth-order valence-corrected chi connectivity index (χ4v) is 2.08. The molecule has 2 amide bonds. The summed E-state index contributed by atoms with van der Waals surface area (Å²) in [6.07, 6.45) is -0.386. The van der Waals surface area contributed by atoms with Gasteiger partial charge in [0, 0.05) is 0 Å². The highest BCUT2D eigenvalue weighted by molar-refractivity contribution is 5.92. The third-order valence-electron chi connectivity index (χ3n) is 3.35. The van der Waals surface area contributed by atoms with Gasteiger partial charge < -0.3 is 15.4 Å². The van der Waals surface area contributed by atoms with Crippen molar-refractivity contribution in [2.45, 2.75) is 45.9 Å². The average molecular weight is 345 g/mol. The van der Waals surface area contributed by atoms with E-state index in [1.165, 1.54) is 6.92 Å². The van der Waals surface area contributed by atoms with Crippen molar-refractivity contribution in [2.75, 3.05) is 0 Å². The van der Waals surface area contributed by atoms with E-state index in [0.29, 0.717) is 6.42 Å². The fourth-order valence-electron chi connectivity index (χ4n) is 2.08. The van der Waals surface area contributed by atoms with Crippen molar-refractivity contribution in [3.8, 4) is 6.07 Å². The molecule has 7 nitrogen and oxygen atoms in total. The molecule has 0 bridgehead atoms. The predicted octanol–water partition coefficient (Wildman–Crippen LogP) is 1.92. The van der Waals surface area contributed by atoms with Gasteiger partial charge in [0.1, 0.15) is 12.6 Å². The Morgan fingerprint density at radius 1 is 1.16 bits per heavy atom. The fraction of sp³-hybridized carbons (Fsp3) is 0.444. The SMILES string of the molecule is CC(=O)C(C#N)NC(=O)C(CC(C)C)NC(=O)OCc1ccccc1. The van der Waals surface area contributed by atoms with Crippen molar-refractivity contribution in [3.63, 3.8) is 0 Å². The van der Waals surface area contributed by atoms with Crippen LogP contribution in [0.25, 0.3) is 0 Å². The van der Waals surface area contributed by atoms with Crippen LogP contribution in [-0.4, -0.2) is 29.9 Å². The van der Waals surface area contributed by atoms with Crippen LogP contribution in [0, 0.1) is 17.2 Å². The third kappa shape index (κ3) is 7.48. The minimum atomic E-state index is -1.23. The lowest BCUT2D eigenvalue weighted by atomic mass is 10.0. The molecule has 0 radical (unpaired) electrons. The first-order valence-corrected chi connectivity index (χ1v) is 8.01. The molecule has 1 aromatic carbocycles. The summed E-state index contributed by atoms with van der Waals surface area (Å²) in [4.78, 5) is 35.5. The number of nitriles is 1. The van der Waals surface area contributed by atoms with Crippen LogP contribution in [0.5, 0.6) is 0 Å². The van der Waals surface area contributed by atoms with E-state index in [-0.39, 0.29) is 12.5 Å². The molecule has 134 valence electrons. The van der Waals surface area contributed by atoms with Gasteiger partial charge in [-0.25, -0.2) is 4.79 Å². The molecule has 2 unspecified atom stereocenters. The number of Topliss-reactive ketones (excluding diaryl/α,β-unsaturated/α-hetero) is 1. The van der Waals surface area contributed by atoms with Crippen molar-refractivity contribution in [3.05, 3.63) is 35.9 Å². The summed E-state index contributed by atoms with van der Waals surface area (Å²) in [6, 6.07) is 8.74. The number of benzene rings is 1. The Balaban J connectivity index is 2.65. The van der Waals surface area contributed by atoms with E-state index in [4.69, 9.17) is 10.00 Å². The standard InChI is InChI=1S/C18H23N3O4/c1-12(2)9-15(17(23)20-16(10-19)13(3)22)21-18(24)25-11-14-7-5-4-6-8-14/h4-8,12,15-16H,9,11H2,1-3H3,(H,20,23)(H,21,24). The first-order chi connectivity index (χ1) is 11.8. The second-order valence-corrected chi connectivity index (χ2v) is 6.07. The minimum absolute atomic E-state index is 0.0803. The maximum absolute atomic E-state index is 12.3. The zero-order valence-electron chi connectivity index (χ0n) is 14.6. The number of hydrogen-bond donors (Lipinski definition) is 2. The molecule has 1 aromatic rings. The molecule has 0 aromatic heterocycles. The van der Waals surface area contributed by atoms with Crippen molar-refractivity contribution in [2.24, 2.45) is 5.92 Å². The predicted molar refractivity (Wildman–Crippen MR) is 91.2 cm³/mol. The molecule has 0 aliphatic rings. The van der Waals surface area contributed by atoms with E-state index in [9.17, 15) is 14.4 Å². The van der Waals surface area contributed by atoms with E-state index in [2.05, 4.69) is 10.6 Å². The quantitative estimate of drug-likeness (QED) is 0.748. The molecule has 0 saturated carbocycles. The molecule has 0 heterocycles. The lowest BCUT2D eigenvalue weighted by Gasteiger charge is -2.21. The molecular formula is C18H23N3O4. The van der Waals surface area contributed by atoms with Crippen LogP contribution >= 0.6 is 0 Å². The molecule has 0 fully saturated rings. The molecule has 0 saturated heterocycles. The largest absolute Gasteiger partial charge is 0.445 e. The first-order valence-electron chi connectivity index (χ1n) is 8.01. The summed E-state index contributed by atoms with van der Waals surface area (Å²) in [7, 11) is 0. The van der Waals surface area contributed by atoms with E-state index in [1.807, 2.05) is 44.2 Å². The number of rotatable bonds is 8. The molecule has 7 heteroatoms. The van der Waals surface area contributed by atoms with Crippen LogP contribution in [0.4, 0.5) is 4.79 Å². The summed E-state index contributed by atoms with van der Waals surface area (Å²) < 4.78 is 5.11. The lowest BCUT2D eigenvalue weighted by molar-refractivity contribution is -0.127. The lowest BCUT2D eigenvalue weighted by Crippen LogP contribution is -2.51. The highest BCUT2D eigenvalue weighted by Crippen LogP contribution is 2.07. The third-order valence-corrected chi connectivity index (χ3v) is 3.35. The molecule has 2 N–H and O–H groups in total. The zero-order chi connectivity index (χ0) is 18.8. The normalized spacial score (nSPS) is 12.6. The maximum atomic E-state index is 12.3. The second-order valence-electron chi connectivity index (χ2n) is 6.07. The first kappa shape index (κ1) is 20.2. The highest BCUT2D eigenvalue weighted by atomic mass is 16.5. The van der Waals surface area contributed by atoms with Gasteiger partial charge in [0.25, 0.3) is 0 Å². The number of nitrogens with one attached hydrogen (secondary N) is 2. The van der Waals surface area contributed by atoms with Crippen LogP contribution < -0.4 is 10.6 Å². The summed E-state index contributed by atoms with van der Waals surface area (Å²) in [5.41, 5.74) is 0.823. The Hall–Kier alpha value is -2.88. The van der Waals surface area contributed by atoms with E-state index in [0.717, 1.165) is 5.56 Å². The van der Waals surface area contributed by atoms with Gasteiger partial charge >= 0.3 is 6.09 Å². The van der Waals surface area contributed by atoms with E-state index in [1.54, 1.807) is 6.07 Å². The Morgan fingerprint density at radius 2 is 1.80 bits per heavy atom. The smallest absolute Gasteiger partial charge is 0.408 e. The second kappa shape index (κ2) is 10.1. The highest BCUT2D eigenvalue weighted by Gasteiger charge is 2.26. The Morgan fingerprint density at radius 3 is 2.32 bits per heavy atom. The van der Waals surface area contributed by atoms with Gasteiger partial charge in [-0.15, -0.1) is 0 Å². The molecule has 2 atom stereocenters. The van der Waals surface area contributed by atoms with Crippen molar-refractivity contribution in [1.82, 2.24) is 10.6 Å². The van der Waals surface area contributed by atoms with Crippen LogP contribution in [0.1, 0.15) is 32.8 Å². The van der Waals surface area contributed by atoms with E-state index < -0.39 is 29.9 Å². The van der Waals surface area contributed by atoms with Crippen LogP contribution in [0.3, 0.4) is 0 Å². The number of ketones is 1. The number of carbonyl (C=O) groups is 3. The van der Waals surface area contributed by atoms with Gasteiger partial charge in [0.15, 0.2) is 11.8 Å². The van der Waals surface area contributed by atoms with Gasteiger partial charge in [-0.1, -0.05) is 44.2 Å². The van der Waals surface area contributed by atoms with Gasteiger partial charge in [-0.2, -0.15) is 5.26 Å². The van der Waals surface area contributed by atoms with Crippen LogP contribution in [0.15, 0.2) is 30.3 Å². The number of ether oxygens (including phenoxy) is 1. The Bertz CT molecular complexity index is 637. The maximum Gasteiger partial charge on any atom is 0.408 e. The summed E-state index contributed by atoms with van der Waals surface area (Å²) >= 11 is 0. The number of alkyl carbamates (subject to hydrolysis) is 1. The number of amides is 2. The van der Waals surface area contributed by atoms with Crippen LogP contribution in [0.2, 0.25) is 0 Å². The number of hydrogen-bond acceptors (Lipinski definition) is 5. The molecule has 0 spiro atoms. The summed E-state index contributed by atoms with van der Waals surface area (Å²) in [5, 5.41) is 13.7. The summed E-state index contributed by atoms with van der Waals surface area (Å²) in [6.45, 7) is 5.08. The molecular weight excluding hydrogens is 322 g/mol. The zero-order valence-corrected chi connectivity index (χ0v) is 14.6. The molecule has 25 heavy (non-hydrogen) atoms. The molecule has 1 rings (SSSR count). The van der Waals surface area contributed by atoms with Crippen molar-refractivity contribution in [1.29, 1.82) is 5.26 Å². The van der Waals surface area contributed by atoms with E-state index >= 15 is 0 Å². The van der Waals surface area contributed by atoms with Gasteiger partial charge in [0.05, 0.1) is 6.07 Å². The van der Waals surface area contributed by atoms with Crippen molar-refractivity contribution < 1.29 is 19.1 Å². The number of nitrogens with zero attached hydrogens (tertiary/aromatic N) is 1. The van der Waals surface area contributed by atoms with Gasteiger partial charge in [-0.3, -0.25) is 9.59 Å². The molecule has 0 aliphatic heterocycles. The number of carbonyl (C=O) groups excluding carboxylic acids is 3. The Labute approximate surface area is 147 Å². The van der Waals surface area contributed by atoms with Gasteiger partial charge in [-0.05, 0) is 24.8 Å². The van der Waals surface area contributed by atoms with Gasteiger partial charge in [0.2, 0.25) is 5.91 Å².